The Balaban J connectivity index is 1.69. The van der Waals surface area contributed by atoms with Gasteiger partial charge in [0.2, 0.25) is 0 Å². The lowest BCUT2D eigenvalue weighted by atomic mass is 10.2. The van der Waals surface area contributed by atoms with E-state index in [9.17, 15) is 0 Å². The van der Waals surface area contributed by atoms with Crippen molar-refractivity contribution < 1.29 is 0 Å². The molecule has 102 valence electrons. The van der Waals surface area contributed by atoms with Gasteiger partial charge in [-0.05, 0) is 13.1 Å². The minimum atomic E-state index is 0.797. The molecule has 1 aliphatic rings. The number of fused-ring (bicyclic) bond motifs is 1. The smallest absolute Gasteiger partial charge is 0.0855 e. The number of hydrogen-bond donors (Lipinski definition) is 1. The number of hydrogen-bond acceptors (Lipinski definition) is 4. The van der Waals surface area contributed by atoms with Crippen LogP contribution in [0.4, 0.5) is 0 Å². The highest BCUT2D eigenvalue weighted by molar-refractivity contribution is 5.81. The molecule has 0 aliphatic carbocycles. The Morgan fingerprint density at radius 1 is 1.11 bits per heavy atom. The van der Waals surface area contributed by atoms with Crippen molar-refractivity contribution >= 4 is 10.9 Å². The van der Waals surface area contributed by atoms with E-state index in [-0.39, 0.29) is 0 Å². The highest BCUT2D eigenvalue weighted by atomic mass is 15.5. The third-order valence-corrected chi connectivity index (χ3v) is 3.81. The van der Waals surface area contributed by atoms with Crippen molar-refractivity contribution in [1.29, 1.82) is 0 Å². The van der Waals surface area contributed by atoms with Gasteiger partial charge >= 0.3 is 0 Å². The van der Waals surface area contributed by atoms with Crippen LogP contribution >= 0.6 is 0 Å². The molecular formula is C14H21N5. The van der Waals surface area contributed by atoms with Gasteiger partial charge in [-0.2, -0.15) is 5.10 Å². The summed E-state index contributed by atoms with van der Waals surface area (Å²) in [6.45, 7) is 5.18. The monoisotopic (exact) mass is 259 g/mol. The van der Waals surface area contributed by atoms with E-state index in [1.54, 1.807) is 0 Å². The molecule has 5 nitrogen and oxygen atoms in total. The number of piperazine rings is 1. The third kappa shape index (κ3) is 2.63. The molecule has 0 bridgehead atoms. The van der Waals surface area contributed by atoms with Gasteiger partial charge in [0.25, 0.3) is 0 Å². The molecule has 3 rings (SSSR count). The molecule has 0 saturated carbocycles. The SMILES string of the molecule is CN1CCN(NCc2nn(C)c3ccccc23)CC1. The largest absolute Gasteiger partial charge is 0.304 e. The first-order valence-corrected chi connectivity index (χ1v) is 6.81. The van der Waals surface area contributed by atoms with Gasteiger partial charge in [0.15, 0.2) is 0 Å². The molecule has 1 aromatic carbocycles. The van der Waals surface area contributed by atoms with Gasteiger partial charge in [0, 0.05) is 38.6 Å². The summed E-state index contributed by atoms with van der Waals surface area (Å²) in [6, 6.07) is 8.38. The summed E-state index contributed by atoms with van der Waals surface area (Å²) < 4.78 is 1.95. The van der Waals surface area contributed by atoms with Crippen LogP contribution in [0.3, 0.4) is 0 Å². The first-order chi connectivity index (χ1) is 9.24. The lowest BCUT2D eigenvalue weighted by Crippen LogP contribution is -2.50. The van der Waals surface area contributed by atoms with Crippen LogP contribution in [0.25, 0.3) is 10.9 Å². The van der Waals surface area contributed by atoms with Gasteiger partial charge < -0.3 is 4.90 Å². The maximum Gasteiger partial charge on any atom is 0.0855 e. The summed E-state index contributed by atoms with van der Waals surface area (Å²) in [5.41, 5.74) is 5.81. The predicted molar refractivity (Wildman–Crippen MR) is 76.6 cm³/mol. The summed E-state index contributed by atoms with van der Waals surface area (Å²) in [5, 5.41) is 8.14. The number of likely N-dealkylation sites (N-methyl/N-ethyl adjacent to an activating group) is 1. The second-order valence-corrected chi connectivity index (χ2v) is 5.21. The molecule has 0 radical (unpaired) electrons. The highest BCUT2D eigenvalue weighted by Crippen LogP contribution is 2.17. The molecule has 1 aliphatic heterocycles. The minimum absolute atomic E-state index is 0.797. The quantitative estimate of drug-likeness (QED) is 0.885. The Bertz CT molecular complexity index is 554. The molecule has 0 amide bonds. The Kier molecular flexibility index (Phi) is 3.50. The van der Waals surface area contributed by atoms with E-state index >= 15 is 0 Å². The molecule has 0 spiro atoms. The van der Waals surface area contributed by atoms with Crippen LogP contribution in [0.15, 0.2) is 24.3 Å². The molecule has 1 aromatic heterocycles. The van der Waals surface area contributed by atoms with Crippen LogP contribution in [-0.4, -0.2) is 52.9 Å². The zero-order valence-electron chi connectivity index (χ0n) is 11.6. The van der Waals surface area contributed by atoms with Gasteiger partial charge in [-0.25, -0.2) is 10.4 Å². The Labute approximate surface area is 113 Å². The normalized spacial score (nSPS) is 18.2. The number of nitrogens with one attached hydrogen (secondary N) is 1. The van der Waals surface area contributed by atoms with E-state index in [4.69, 9.17) is 0 Å². The van der Waals surface area contributed by atoms with Gasteiger partial charge in [-0.1, -0.05) is 18.2 Å². The first-order valence-electron chi connectivity index (χ1n) is 6.81. The molecule has 0 atom stereocenters. The van der Waals surface area contributed by atoms with Gasteiger partial charge in [0.05, 0.1) is 17.8 Å². The molecule has 2 heterocycles. The van der Waals surface area contributed by atoms with Crippen LogP contribution in [0.5, 0.6) is 0 Å². The number of hydrazine groups is 1. The van der Waals surface area contributed by atoms with E-state index in [2.05, 4.69) is 51.7 Å². The van der Waals surface area contributed by atoms with Gasteiger partial charge in [0.1, 0.15) is 0 Å². The second kappa shape index (κ2) is 5.28. The van der Waals surface area contributed by atoms with Crippen LogP contribution in [-0.2, 0) is 13.6 Å². The summed E-state index contributed by atoms with van der Waals surface area (Å²) in [7, 11) is 4.17. The van der Waals surface area contributed by atoms with E-state index in [0.717, 1.165) is 38.4 Å². The fourth-order valence-electron chi connectivity index (χ4n) is 2.57. The van der Waals surface area contributed by atoms with E-state index < -0.39 is 0 Å². The average molecular weight is 259 g/mol. The van der Waals surface area contributed by atoms with E-state index in [1.165, 1.54) is 10.9 Å². The lowest BCUT2D eigenvalue weighted by molar-refractivity contribution is 0.102. The zero-order chi connectivity index (χ0) is 13.2. The molecular weight excluding hydrogens is 238 g/mol. The topological polar surface area (TPSA) is 36.3 Å². The van der Waals surface area contributed by atoms with Gasteiger partial charge in [-0.3, -0.25) is 4.68 Å². The fourth-order valence-corrected chi connectivity index (χ4v) is 2.57. The molecule has 1 N–H and O–H groups in total. The molecule has 1 saturated heterocycles. The van der Waals surface area contributed by atoms with E-state index in [1.807, 2.05) is 11.7 Å². The summed E-state index contributed by atoms with van der Waals surface area (Å²) in [5.74, 6) is 0. The maximum atomic E-state index is 4.61. The first kappa shape index (κ1) is 12.6. The van der Waals surface area contributed by atoms with Crippen molar-refractivity contribution in [2.45, 2.75) is 6.54 Å². The van der Waals surface area contributed by atoms with Crippen LogP contribution in [0.1, 0.15) is 5.69 Å². The fraction of sp³-hybridized carbons (Fsp3) is 0.500. The van der Waals surface area contributed by atoms with Gasteiger partial charge in [-0.15, -0.1) is 0 Å². The second-order valence-electron chi connectivity index (χ2n) is 5.21. The van der Waals surface area contributed by atoms with Crippen molar-refractivity contribution in [2.75, 3.05) is 33.2 Å². The van der Waals surface area contributed by atoms with Crippen molar-refractivity contribution in [3.05, 3.63) is 30.0 Å². The standard InChI is InChI=1S/C14H21N5/c1-17-7-9-19(10-8-17)15-11-13-12-5-3-4-6-14(12)18(2)16-13/h3-6,15H,7-11H2,1-2H3. The molecule has 2 aromatic rings. The molecule has 5 heteroatoms. The predicted octanol–water partition coefficient (Wildman–Crippen LogP) is 0.825. The molecule has 19 heavy (non-hydrogen) atoms. The minimum Gasteiger partial charge on any atom is -0.304 e. The number of nitrogens with zero attached hydrogens (tertiary/aromatic N) is 4. The lowest BCUT2D eigenvalue weighted by Gasteiger charge is -2.32. The number of rotatable bonds is 3. The number of aromatic nitrogens is 2. The van der Waals surface area contributed by atoms with Crippen LogP contribution in [0.2, 0.25) is 0 Å². The van der Waals surface area contributed by atoms with Crippen molar-refractivity contribution in [3.8, 4) is 0 Å². The highest BCUT2D eigenvalue weighted by Gasteiger charge is 2.14. The molecule has 1 fully saturated rings. The summed E-state index contributed by atoms with van der Waals surface area (Å²) >= 11 is 0. The average Bonchev–Trinajstić information content (AvgIpc) is 2.76. The molecule has 0 unspecified atom stereocenters. The number of aryl methyl sites for hydroxylation is 1. The summed E-state index contributed by atoms with van der Waals surface area (Å²) in [6.07, 6.45) is 0. The maximum absolute atomic E-state index is 4.61. The Morgan fingerprint density at radius 2 is 1.84 bits per heavy atom. The summed E-state index contributed by atoms with van der Waals surface area (Å²) in [4.78, 5) is 2.36. The van der Waals surface area contributed by atoms with Crippen molar-refractivity contribution in [2.24, 2.45) is 7.05 Å². The van der Waals surface area contributed by atoms with Crippen LogP contribution in [0, 0.1) is 0 Å². The van der Waals surface area contributed by atoms with Crippen LogP contribution < -0.4 is 5.43 Å². The third-order valence-electron chi connectivity index (χ3n) is 3.81. The van der Waals surface area contributed by atoms with Crippen molar-refractivity contribution in [1.82, 2.24) is 25.1 Å². The van der Waals surface area contributed by atoms with E-state index in [0.29, 0.717) is 0 Å². The Hall–Kier alpha value is -1.43. The van der Waals surface area contributed by atoms with Crippen molar-refractivity contribution in [3.63, 3.8) is 0 Å². The Morgan fingerprint density at radius 3 is 2.63 bits per heavy atom. The number of para-hydroxylation sites is 1. The zero-order valence-corrected chi connectivity index (χ0v) is 11.6. The number of benzene rings is 1.